The van der Waals surface area contributed by atoms with E-state index in [1.54, 1.807) is 11.5 Å². The van der Waals surface area contributed by atoms with Crippen molar-refractivity contribution in [3.8, 4) is 5.75 Å². The summed E-state index contributed by atoms with van der Waals surface area (Å²) in [5.74, 6) is 0.377. The average molecular weight is 444 g/mol. The fourth-order valence-corrected chi connectivity index (χ4v) is 4.26. The van der Waals surface area contributed by atoms with Gasteiger partial charge in [-0.25, -0.2) is 13.4 Å². The highest BCUT2D eigenvalue weighted by molar-refractivity contribution is 7.93. The molecule has 0 aliphatic rings. The minimum absolute atomic E-state index is 0.0771. The molecule has 2 N–H and O–H groups in total. The number of amides is 1. The van der Waals surface area contributed by atoms with Crippen molar-refractivity contribution in [1.29, 1.82) is 0 Å². The van der Waals surface area contributed by atoms with E-state index in [2.05, 4.69) is 15.0 Å². The van der Waals surface area contributed by atoms with Crippen molar-refractivity contribution in [3.05, 3.63) is 71.7 Å². The van der Waals surface area contributed by atoms with Crippen LogP contribution in [0.4, 0.5) is 10.8 Å². The summed E-state index contributed by atoms with van der Waals surface area (Å²) in [6.45, 7) is 2.63. The number of hydrogen-bond acceptors (Lipinski definition) is 6. The molecule has 2 aromatic carbocycles. The zero-order valence-electron chi connectivity index (χ0n) is 16.2. The number of benzene rings is 2. The predicted molar refractivity (Wildman–Crippen MR) is 119 cm³/mol. The minimum Gasteiger partial charge on any atom is -0.493 e. The third kappa shape index (κ3) is 5.91. The van der Waals surface area contributed by atoms with Gasteiger partial charge in [-0.05, 0) is 42.8 Å². The summed E-state index contributed by atoms with van der Waals surface area (Å²) < 4.78 is 32.8. The van der Waals surface area contributed by atoms with E-state index in [0.29, 0.717) is 23.2 Å². The van der Waals surface area contributed by atoms with Crippen molar-refractivity contribution in [3.63, 3.8) is 0 Å². The number of aromatic nitrogens is 1. The van der Waals surface area contributed by atoms with Crippen molar-refractivity contribution in [2.24, 2.45) is 0 Å². The van der Waals surface area contributed by atoms with Crippen LogP contribution in [0.3, 0.4) is 0 Å². The highest BCUT2D eigenvalue weighted by atomic mass is 32.2. The molecule has 0 atom stereocenters. The maximum atomic E-state index is 12.3. The Labute approximate surface area is 179 Å². The Hall–Kier alpha value is -3.17. The lowest BCUT2D eigenvalue weighted by molar-refractivity contribution is -0.111. The van der Waals surface area contributed by atoms with E-state index in [9.17, 15) is 13.2 Å². The van der Waals surface area contributed by atoms with Crippen LogP contribution in [0.25, 0.3) is 6.08 Å². The topological polar surface area (TPSA) is 97.4 Å². The number of carbonyl (C=O) groups excluding carboxylic acids is 1. The van der Waals surface area contributed by atoms with E-state index in [4.69, 9.17) is 4.74 Å². The SMILES string of the molecule is CCCOc1ccccc1C=CC(=O)Nc1ccc(S(=O)(=O)Nc2nccs2)cc1. The van der Waals surface area contributed by atoms with Crippen LogP contribution in [0.15, 0.2) is 71.1 Å². The lowest BCUT2D eigenvalue weighted by Crippen LogP contribution is -2.13. The normalized spacial score (nSPS) is 11.4. The van der Waals surface area contributed by atoms with Crippen LogP contribution in [0.2, 0.25) is 0 Å². The van der Waals surface area contributed by atoms with Gasteiger partial charge in [0.25, 0.3) is 10.0 Å². The number of nitrogens with zero attached hydrogens (tertiary/aromatic N) is 1. The molecule has 1 amide bonds. The molecule has 0 spiro atoms. The summed E-state index contributed by atoms with van der Waals surface area (Å²) in [5.41, 5.74) is 1.28. The summed E-state index contributed by atoms with van der Waals surface area (Å²) in [5, 5.41) is 4.68. The largest absolute Gasteiger partial charge is 0.493 e. The van der Waals surface area contributed by atoms with Crippen LogP contribution in [0, 0.1) is 0 Å². The molecule has 0 saturated heterocycles. The van der Waals surface area contributed by atoms with Gasteiger partial charge in [0.15, 0.2) is 5.13 Å². The van der Waals surface area contributed by atoms with Crippen molar-refractivity contribution in [1.82, 2.24) is 4.98 Å². The van der Waals surface area contributed by atoms with Gasteiger partial charge in [-0.15, -0.1) is 11.3 Å². The van der Waals surface area contributed by atoms with E-state index < -0.39 is 10.0 Å². The molecule has 3 aromatic rings. The molecule has 0 bridgehead atoms. The Bertz CT molecular complexity index is 1110. The molecular weight excluding hydrogens is 422 g/mol. The van der Waals surface area contributed by atoms with Crippen molar-refractivity contribution >= 4 is 44.2 Å². The van der Waals surface area contributed by atoms with E-state index in [-0.39, 0.29) is 10.8 Å². The molecule has 0 fully saturated rings. The summed E-state index contributed by atoms with van der Waals surface area (Å²) in [6, 6.07) is 13.4. The fourth-order valence-electron chi connectivity index (χ4n) is 2.48. The lowest BCUT2D eigenvalue weighted by Gasteiger charge is -2.08. The Morgan fingerprint density at radius 3 is 2.63 bits per heavy atom. The van der Waals surface area contributed by atoms with E-state index >= 15 is 0 Å². The summed E-state index contributed by atoms with van der Waals surface area (Å²) in [7, 11) is -3.73. The number of hydrogen-bond donors (Lipinski definition) is 2. The van der Waals surface area contributed by atoms with E-state index in [1.807, 2.05) is 31.2 Å². The third-order valence-electron chi connectivity index (χ3n) is 3.88. The second kappa shape index (κ2) is 10.0. The molecular formula is C21H21N3O4S2. The molecule has 9 heteroatoms. The first-order valence-electron chi connectivity index (χ1n) is 9.21. The van der Waals surface area contributed by atoms with Gasteiger partial charge in [-0.1, -0.05) is 25.1 Å². The maximum Gasteiger partial charge on any atom is 0.263 e. The van der Waals surface area contributed by atoms with Gasteiger partial charge in [0.1, 0.15) is 5.75 Å². The van der Waals surface area contributed by atoms with Crippen molar-refractivity contribution < 1.29 is 17.9 Å². The molecule has 0 saturated carbocycles. The fraction of sp³-hybridized carbons (Fsp3) is 0.143. The highest BCUT2D eigenvalue weighted by Crippen LogP contribution is 2.21. The number of thiazole rings is 1. The van der Waals surface area contributed by atoms with Crippen LogP contribution in [-0.4, -0.2) is 25.9 Å². The van der Waals surface area contributed by atoms with Gasteiger partial charge in [-0.3, -0.25) is 9.52 Å². The Morgan fingerprint density at radius 1 is 1.17 bits per heavy atom. The van der Waals surface area contributed by atoms with Crippen LogP contribution in [0.1, 0.15) is 18.9 Å². The van der Waals surface area contributed by atoms with E-state index in [1.165, 1.54) is 47.9 Å². The zero-order chi connectivity index (χ0) is 21.4. The smallest absolute Gasteiger partial charge is 0.263 e. The Morgan fingerprint density at radius 2 is 1.93 bits per heavy atom. The zero-order valence-corrected chi connectivity index (χ0v) is 17.9. The summed E-state index contributed by atoms with van der Waals surface area (Å²) in [6.07, 6.45) is 5.49. The van der Waals surface area contributed by atoms with Gasteiger partial charge in [0, 0.05) is 28.9 Å². The standard InChI is InChI=1S/C21H21N3O4S2/c1-2-14-28-19-6-4-3-5-16(19)7-12-20(25)23-17-8-10-18(11-9-17)30(26,27)24-21-22-13-15-29-21/h3-13,15H,2,14H2,1H3,(H,22,24)(H,23,25). The minimum atomic E-state index is -3.73. The molecule has 30 heavy (non-hydrogen) atoms. The van der Waals surface area contributed by atoms with Crippen molar-refractivity contribution in [2.75, 3.05) is 16.6 Å². The molecule has 0 radical (unpaired) electrons. The maximum absolute atomic E-state index is 12.3. The van der Waals surface area contributed by atoms with Gasteiger partial charge >= 0.3 is 0 Å². The quantitative estimate of drug-likeness (QED) is 0.478. The van der Waals surface area contributed by atoms with E-state index in [0.717, 1.165) is 12.0 Å². The summed E-state index contributed by atoms with van der Waals surface area (Å²) >= 11 is 1.19. The molecule has 0 aliphatic carbocycles. The highest BCUT2D eigenvalue weighted by Gasteiger charge is 2.15. The average Bonchev–Trinajstić information content (AvgIpc) is 3.24. The summed E-state index contributed by atoms with van der Waals surface area (Å²) in [4.78, 5) is 16.2. The number of sulfonamides is 1. The Balaban J connectivity index is 1.63. The molecule has 1 heterocycles. The number of nitrogens with one attached hydrogen (secondary N) is 2. The van der Waals surface area contributed by atoms with Gasteiger partial charge < -0.3 is 10.1 Å². The number of anilines is 2. The molecule has 7 nitrogen and oxygen atoms in total. The van der Waals surface area contributed by atoms with Gasteiger partial charge in [0.2, 0.25) is 5.91 Å². The van der Waals surface area contributed by atoms with Crippen LogP contribution in [0.5, 0.6) is 5.75 Å². The molecule has 0 aliphatic heterocycles. The van der Waals surface area contributed by atoms with Gasteiger partial charge in [-0.2, -0.15) is 0 Å². The molecule has 0 unspecified atom stereocenters. The first-order chi connectivity index (χ1) is 14.5. The predicted octanol–water partition coefficient (Wildman–Crippen LogP) is 4.38. The van der Waals surface area contributed by atoms with Crippen LogP contribution in [-0.2, 0) is 14.8 Å². The number of ether oxygens (including phenoxy) is 1. The second-order valence-electron chi connectivity index (χ2n) is 6.18. The van der Waals surface area contributed by atoms with Gasteiger partial charge in [0.05, 0.1) is 11.5 Å². The Kier molecular flexibility index (Phi) is 7.21. The molecule has 1 aromatic heterocycles. The lowest BCUT2D eigenvalue weighted by atomic mass is 10.2. The monoisotopic (exact) mass is 443 g/mol. The number of para-hydroxylation sites is 1. The molecule has 3 rings (SSSR count). The number of rotatable bonds is 9. The number of carbonyl (C=O) groups is 1. The third-order valence-corrected chi connectivity index (χ3v) is 6.05. The molecule has 156 valence electrons. The van der Waals surface area contributed by atoms with Crippen LogP contribution < -0.4 is 14.8 Å². The second-order valence-corrected chi connectivity index (χ2v) is 8.75. The van der Waals surface area contributed by atoms with Crippen molar-refractivity contribution in [2.45, 2.75) is 18.2 Å². The van der Waals surface area contributed by atoms with Crippen LogP contribution >= 0.6 is 11.3 Å². The first-order valence-corrected chi connectivity index (χ1v) is 11.6. The first kappa shape index (κ1) is 21.5.